The highest BCUT2D eigenvalue weighted by Crippen LogP contribution is 2.29. The molecule has 0 unspecified atom stereocenters. The first-order valence-electron chi connectivity index (χ1n) is 10.6. The molecule has 0 saturated heterocycles. The number of carbonyl (C=O) groups is 2. The highest BCUT2D eigenvalue weighted by Gasteiger charge is 2.12. The highest BCUT2D eigenvalue weighted by atomic mass is 32.1. The molecule has 172 valence electrons. The van der Waals surface area contributed by atoms with Crippen LogP contribution in [-0.2, 0) is 16.1 Å². The van der Waals surface area contributed by atoms with E-state index in [1.807, 2.05) is 46.6 Å². The van der Waals surface area contributed by atoms with Crippen LogP contribution in [0.2, 0.25) is 0 Å². The lowest BCUT2D eigenvalue weighted by atomic mass is 10.2. The van der Waals surface area contributed by atoms with Crippen LogP contribution >= 0.6 is 11.3 Å². The molecule has 4 rings (SSSR count). The quantitative estimate of drug-likeness (QED) is 0.342. The third-order valence-corrected chi connectivity index (χ3v) is 5.80. The molecule has 0 aliphatic rings. The topological polar surface area (TPSA) is 85.3 Å². The minimum atomic E-state index is -0.328. The molecule has 0 fully saturated rings. The molecule has 0 spiro atoms. The minimum Gasteiger partial charge on any atom is -0.495 e. The number of carbonyl (C=O) groups excluding carboxylic acids is 2. The molecule has 34 heavy (non-hydrogen) atoms. The Morgan fingerprint density at radius 1 is 1.09 bits per heavy atom. The minimum absolute atomic E-state index is 0.198. The summed E-state index contributed by atoms with van der Waals surface area (Å²) in [5.74, 6) is -0.0343. The Hall–Kier alpha value is -4.17. The second-order valence-electron chi connectivity index (χ2n) is 7.51. The number of rotatable bonds is 8. The summed E-state index contributed by atoms with van der Waals surface area (Å²) in [6.07, 6.45) is 5.15. The molecular formula is C26H24N4O3S. The first-order chi connectivity index (χ1) is 16.5. The Labute approximate surface area is 201 Å². The van der Waals surface area contributed by atoms with Gasteiger partial charge in [-0.25, -0.2) is 0 Å². The highest BCUT2D eigenvalue weighted by molar-refractivity contribution is 7.13. The largest absolute Gasteiger partial charge is 0.495 e. The molecule has 2 amide bonds. The predicted molar refractivity (Wildman–Crippen MR) is 136 cm³/mol. The maximum absolute atomic E-state index is 12.7. The van der Waals surface area contributed by atoms with Crippen LogP contribution in [0.25, 0.3) is 16.6 Å². The fourth-order valence-corrected chi connectivity index (χ4v) is 4.17. The molecule has 2 heterocycles. The van der Waals surface area contributed by atoms with Crippen molar-refractivity contribution < 1.29 is 14.3 Å². The van der Waals surface area contributed by atoms with Gasteiger partial charge in [-0.3, -0.25) is 14.3 Å². The zero-order valence-corrected chi connectivity index (χ0v) is 19.6. The number of thiophene rings is 1. The predicted octanol–water partition coefficient (Wildman–Crippen LogP) is 5.28. The van der Waals surface area contributed by atoms with Gasteiger partial charge in [0.25, 0.3) is 0 Å². The standard InChI is InChI=1S/C26H24N4O3S/c1-18(31)27-21-11-12-23(33-2)22(15-21)28-25(32)13-10-20-17-30(16-19-7-4-3-5-8-19)29-26(20)24-9-6-14-34-24/h3-15,17H,16H2,1-2H3,(H,27,31)(H,28,32)/b13-10+. The maximum Gasteiger partial charge on any atom is 0.248 e. The van der Waals surface area contributed by atoms with Gasteiger partial charge >= 0.3 is 0 Å². The van der Waals surface area contributed by atoms with E-state index >= 15 is 0 Å². The van der Waals surface area contributed by atoms with E-state index in [9.17, 15) is 9.59 Å². The summed E-state index contributed by atoms with van der Waals surface area (Å²) in [7, 11) is 1.52. The summed E-state index contributed by atoms with van der Waals surface area (Å²) in [6.45, 7) is 2.06. The molecule has 0 saturated carbocycles. The summed E-state index contributed by atoms with van der Waals surface area (Å²) in [4.78, 5) is 25.1. The van der Waals surface area contributed by atoms with Crippen LogP contribution < -0.4 is 15.4 Å². The zero-order valence-electron chi connectivity index (χ0n) is 18.8. The van der Waals surface area contributed by atoms with Gasteiger partial charge in [-0.1, -0.05) is 36.4 Å². The van der Waals surface area contributed by atoms with Gasteiger partial charge in [0.1, 0.15) is 11.4 Å². The molecule has 4 aromatic rings. The van der Waals surface area contributed by atoms with Crippen LogP contribution in [0.5, 0.6) is 5.75 Å². The molecule has 2 aromatic heterocycles. The summed E-state index contributed by atoms with van der Waals surface area (Å²) in [5.41, 5.74) is 3.83. The summed E-state index contributed by atoms with van der Waals surface area (Å²) >= 11 is 1.60. The van der Waals surface area contributed by atoms with Crippen LogP contribution in [0.1, 0.15) is 18.1 Å². The van der Waals surface area contributed by atoms with Gasteiger partial charge in [-0.05, 0) is 41.3 Å². The SMILES string of the molecule is COc1ccc(NC(C)=O)cc1NC(=O)/C=C/c1cn(Cc2ccccc2)nc1-c1cccs1. The number of hydrogen-bond acceptors (Lipinski definition) is 5. The van der Waals surface area contributed by atoms with Crippen LogP contribution in [0.4, 0.5) is 11.4 Å². The Bertz CT molecular complexity index is 1310. The number of amides is 2. The van der Waals surface area contributed by atoms with Gasteiger partial charge in [0.2, 0.25) is 11.8 Å². The molecule has 0 aliphatic carbocycles. The van der Waals surface area contributed by atoms with E-state index in [0.29, 0.717) is 23.7 Å². The second-order valence-corrected chi connectivity index (χ2v) is 8.46. The van der Waals surface area contributed by atoms with Crippen molar-refractivity contribution in [1.29, 1.82) is 0 Å². The average molecular weight is 473 g/mol. The van der Waals surface area contributed by atoms with E-state index in [-0.39, 0.29) is 11.8 Å². The van der Waals surface area contributed by atoms with Crippen molar-refractivity contribution in [3.63, 3.8) is 0 Å². The van der Waals surface area contributed by atoms with Crippen molar-refractivity contribution in [3.05, 3.63) is 89.4 Å². The monoisotopic (exact) mass is 472 g/mol. The van der Waals surface area contributed by atoms with Crippen molar-refractivity contribution in [2.75, 3.05) is 17.7 Å². The molecule has 0 aliphatic heterocycles. The first-order valence-corrected chi connectivity index (χ1v) is 11.5. The number of nitrogens with zero attached hydrogens (tertiary/aromatic N) is 2. The molecule has 2 N–H and O–H groups in total. The van der Waals surface area contributed by atoms with Crippen molar-refractivity contribution >= 4 is 40.6 Å². The fraction of sp³-hybridized carbons (Fsp3) is 0.115. The molecule has 8 heteroatoms. The fourth-order valence-electron chi connectivity index (χ4n) is 3.44. The number of ether oxygens (including phenoxy) is 1. The van der Waals surface area contributed by atoms with E-state index in [1.54, 1.807) is 35.6 Å². The molecule has 0 atom stereocenters. The smallest absolute Gasteiger partial charge is 0.248 e. The average Bonchev–Trinajstić information content (AvgIpc) is 3.48. The zero-order chi connectivity index (χ0) is 23.9. The van der Waals surface area contributed by atoms with Crippen molar-refractivity contribution in [2.45, 2.75) is 13.5 Å². The molecule has 0 bridgehead atoms. The Balaban J connectivity index is 1.56. The van der Waals surface area contributed by atoms with E-state index < -0.39 is 0 Å². The maximum atomic E-state index is 12.7. The second kappa shape index (κ2) is 10.6. The Morgan fingerprint density at radius 2 is 1.91 bits per heavy atom. The number of hydrogen-bond donors (Lipinski definition) is 2. The van der Waals surface area contributed by atoms with Crippen LogP contribution in [-0.4, -0.2) is 28.7 Å². The first kappa shape index (κ1) is 23.0. The number of nitrogens with one attached hydrogen (secondary N) is 2. The lowest BCUT2D eigenvalue weighted by Gasteiger charge is -2.11. The van der Waals surface area contributed by atoms with Crippen LogP contribution in [0.3, 0.4) is 0 Å². The normalized spacial score (nSPS) is 10.9. The van der Waals surface area contributed by atoms with Gasteiger partial charge in [0, 0.05) is 30.4 Å². The molecule has 2 aromatic carbocycles. The van der Waals surface area contributed by atoms with E-state index in [2.05, 4.69) is 22.8 Å². The van der Waals surface area contributed by atoms with Crippen LogP contribution in [0.15, 0.2) is 78.3 Å². The lowest BCUT2D eigenvalue weighted by molar-refractivity contribution is -0.114. The summed E-state index contributed by atoms with van der Waals surface area (Å²) in [5, 5.41) is 12.3. The van der Waals surface area contributed by atoms with Crippen molar-refractivity contribution in [1.82, 2.24) is 9.78 Å². The van der Waals surface area contributed by atoms with Gasteiger partial charge in [0.05, 0.1) is 24.2 Å². The summed E-state index contributed by atoms with van der Waals surface area (Å²) < 4.78 is 7.21. The number of benzene rings is 2. The lowest BCUT2D eigenvalue weighted by Crippen LogP contribution is -2.10. The van der Waals surface area contributed by atoms with E-state index in [0.717, 1.165) is 21.7 Å². The number of methoxy groups -OCH3 is 1. The Kier molecular flexibility index (Phi) is 7.19. The van der Waals surface area contributed by atoms with Crippen molar-refractivity contribution in [3.8, 4) is 16.3 Å². The van der Waals surface area contributed by atoms with E-state index in [1.165, 1.54) is 20.1 Å². The molecule has 7 nitrogen and oxygen atoms in total. The molecule has 0 radical (unpaired) electrons. The van der Waals surface area contributed by atoms with Crippen molar-refractivity contribution in [2.24, 2.45) is 0 Å². The molecular weight excluding hydrogens is 448 g/mol. The van der Waals surface area contributed by atoms with Gasteiger partial charge in [0.15, 0.2) is 0 Å². The van der Waals surface area contributed by atoms with Gasteiger partial charge in [-0.2, -0.15) is 5.10 Å². The van der Waals surface area contributed by atoms with Gasteiger partial charge < -0.3 is 15.4 Å². The number of aromatic nitrogens is 2. The summed E-state index contributed by atoms with van der Waals surface area (Å²) in [6, 6.07) is 19.1. The number of anilines is 2. The third-order valence-electron chi connectivity index (χ3n) is 4.92. The Morgan fingerprint density at radius 3 is 2.62 bits per heavy atom. The third kappa shape index (κ3) is 5.79. The van der Waals surface area contributed by atoms with Gasteiger partial charge in [-0.15, -0.1) is 11.3 Å². The van der Waals surface area contributed by atoms with E-state index in [4.69, 9.17) is 9.84 Å². The van der Waals surface area contributed by atoms with Crippen LogP contribution in [0, 0.1) is 0 Å².